The highest BCUT2D eigenvalue weighted by Crippen LogP contribution is 1.94. The van der Waals surface area contributed by atoms with Crippen LogP contribution in [0.15, 0.2) is 6.33 Å². The number of hydrogen-bond acceptors (Lipinski definition) is 4. The molecule has 74 valence electrons. The SMILES string of the molecule is CCOCCCn1ncnc1CN. The Kier molecular flexibility index (Phi) is 4.42. The summed E-state index contributed by atoms with van der Waals surface area (Å²) in [6.07, 6.45) is 2.48. The second kappa shape index (κ2) is 5.66. The summed E-state index contributed by atoms with van der Waals surface area (Å²) in [4.78, 5) is 4.02. The van der Waals surface area contributed by atoms with Gasteiger partial charge >= 0.3 is 0 Å². The Morgan fingerprint density at radius 3 is 3.15 bits per heavy atom. The molecule has 0 aliphatic heterocycles. The molecule has 2 N–H and O–H groups in total. The van der Waals surface area contributed by atoms with Crippen LogP contribution in [0.25, 0.3) is 0 Å². The largest absolute Gasteiger partial charge is 0.382 e. The average molecular weight is 184 g/mol. The van der Waals surface area contributed by atoms with Gasteiger partial charge in [-0.2, -0.15) is 5.10 Å². The normalized spacial score (nSPS) is 10.6. The van der Waals surface area contributed by atoms with Gasteiger partial charge < -0.3 is 10.5 Å². The number of nitrogens with two attached hydrogens (primary N) is 1. The minimum Gasteiger partial charge on any atom is -0.382 e. The zero-order valence-electron chi connectivity index (χ0n) is 7.94. The molecule has 1 aromatic rings. The number of ether oxygens (including phenoxy) is 1. The molecule has 0 aliphatic rings. The highest BCUT2D eigenvalue weighted by atomic mass is 16.5. The fourth-order valence-corrected chi connectivity index (χ4v) is 1.09. The number of aryl methyl sites for hydroxylation is 1. The molecule has 1 heterocycles. The van der Waals surface area contributed by atoms with Crippen molar-refractivity contribution in [3.05, 3.63) is 12.2 Å². The molecule has 5 heteroatoms. The summed E-state index contributed by atoms with van der Waals surface area (Å²) in [5, 5.41) is 4.05. The smallest absolute Gasteiger partial charge is 0.140 e. The van der Waals surface area contributed by atoms with Crippen molar-refractivity contribution in [2.24, 2.45) is 5.73 Å². The Balaban J connectivity index is 2.27. The summed E-state index contributed by atoms with van der Waals surface area (Å²) < 4.78 is 7.03. The molecule has 1 aromatic heterocycles. The van der Waals surface area contributed by atoms with E-state index in [0.29, 0.717) is 6.54 Å². The van der Waals surface area contributed by atoms with Crippen LogP contribution in [0.2, 0.25) is 0 Å². The molecule has 0 saturated carbocycles. The minimum absolute atomic E-state index is 0.439. The molecular weight excluding hydrogens is 168 g/mol. The van der Waals surface area contributed by atoms with Gasteiger partial charge in [0, 0.05) is 19.8 Å². The number of nitrogens with zero attached hydrogens (tertiary/aromatic N) is 3. The van der Waals surface area contributed by atoms with Crippen molar-refractivity contribution >= 4 is 0 Å². The summed E-state index contributed by atoms with van der Waals surface area (Å²) in [5.41, 5.74) is 5.47. The molecule has 0 spiro atoms. The zero-order valence-corrected chi connectivity index (χ0v) is 7.94. The van der Waals surface area contributed by atoms with Crippen molar-refractivity contribution in [3.63, 3.8) is 0 Å². The second-order valence-electron chi connectivity index (χ2n) is 2.65. The first-order valence-corrected chi connectivity index (χ1v) is 4.53. The van der Waals surface area contributed by atoms with Crippen LogP contribution in [0.1, 0.15) is 19.2 Å². The standard InChI is InChI=1S/C8H16N4O/c1-2-13-5-3-4-12-8(6-9)10-7-11-12/h7H,2-6,9H2,1H3. The van der Waals surface area contributed by atoms with Crippen LogP contribution in [0.3, 0.4) is 0 Å². The molecule has 5 nitrogen and oxygen atoms in total. The summed E-state index contributed by atoms with van der Waals surface area (Å²) in [7, 11) is 0. The molecule has 0 fully saturated rings. The van der Waals surface area contributed by atoms with E-state index in [0.717, 1.165) is 32.0 Å². The van der Waals surface area contributed by atoms with E-state index in [4.69, 9.17) is 10.5 Å². The van der Waals surface area contributed by atoms with Gasteiger partial charge in [-0.3, -0.25) is 0 Å². The molecule has 0 unspecified atom stereocenters. The summed E-state index contributed by atoms with van der Waals surface area (Å²) in [6, 6.07) is 0. The van der Waals surface area contributed by atoms with Crippen molar-refractivity contribution in [3.8, 4) is 0 Å². The Labute approximate surface area is 77.9 Å². The molecule has 13 heavy (non-hydrogen) atoms. The van der Waals surface area contributed by atoms with Gasteiger partial charge in [0.1, 0.15) is 12.2 Å². The van der Waals surface area contributed by atoms with E-state index >= 15 is 0 Å². The Morgan fingerprint density at radius 1 is 1.62 bits per heavy atom. The Bertz CT molecular complexity index is 236. The maximum Gasteiger partial charge on any atom is 0.140 e. The molecule has 0 atom stereocenters. The maximum atomic E-state index is 5.47. The molecule has 0 aromatic carbocycles. The van der Waals surface area contributed by atoms with E-state index in [2.05, 4.69) is 10.1 Å². The van der Waals surface area contributed by atoms with E-state index < -0.39 is 0 Å². The maximum absolute atomic E-state index is 5.47. The molecule has 0 amide bonds. The van der Waals surface area contributed by atoms with Gasteiger partial charge in [-0.25, -0.2) is 9.67 Å². The first-order chi connectivity index (χ1) is 6.38. The molecule has 0 aliphatic carbocycles. The first kappa shape index (κ1) is 10.1. The second-order valence-corrected chi connectivity index (χ2v) is 2.65. The third-order valence-corrected chi connectivity index (χ3v) is 1.74. The van der Waals surface area contributed by atoms with Crippen LogP contribution < -0.4 is 5.73 Å². The van der Waals surface area contributed by atoms with Crippen LogP contribution in [-0.2, 0) is 17.8 Å². The summed E-state index contributed by atoms with van der Waals surface area (Å²) in [6.45, 7) is 4.78. The first-order valence-electron chi connectivity index (χ1n) is 4.53. The lowest BCUT2D eigenvalue weighted by molar-refractivity contribution is 0.140. The summed E-state index contributed by atoms with van der Waals surface area (Å²) in [5.74, 6) is 0.830. The summed E-state index contributed by atoms with van der Waals surface area (Å²) >= 11 is 0. The fourth-order valence-electron chi connectivity index (χ4n) is 1.09. The topological polar surface area (TPSA) is 66.0 Å². The molecule has 0 radical (unpaired) electrons. The van der Waals surface area contributed by atoms with Crippen LogP contribution in [0.4, 0.5) is 0 Å². The minimum atomic E-state index is 0.439. The quantitative estimate of drug-likeness (QED) is 0.640. The van der Waals surface area contributed by atoms with Gasteiger partial charge in [0.25, 0.3) is 0 Å². The highest BCUT2D eigenvalue weighted by molar-refractivity contribution is 4.81. The lowest BCUT2D eigenvalue weighted by atomic mass is 10.4. The highest BCUT2D eigenvalue weighted by Gasteiger charge is 2.00. The van der Waals surface area contributed by atoms with Crippen molar-refractivity contribution in [1.29, 1.82) is 0 Å². The van der Waals surface area contributed by atoms with E-state index in [9.17, 15) is 0 Å². The van der Waals surface area contributed by atoms with Crippen LogP contribution in [-0.4, -0.2) is 28.0 Å². The molecule has 0 bridgehead atoms. The van der Waals surface area contributed by atoms with Crippen molar-refractivity contribution in [1.82, 2.24) is 14.8 Å². The van der Waals surface area contributed by atoms with Crippen LogP contribution >= 0.6 is 0 Å². The van der Waals surface area contributed by atoms with E-state index in [-0.39, 0.29) is 0 Å². The third-order valence-electron chi connectivity index (χ3n) is 1.74. The van der Waals surface area contributed by atoms with Crippen LogP contribution in [0, 0.1) is 0 Å². The van der Waals surface area contributed by atoms with E-state index in [1.54, 1.807) is 0 Å². The van der Waals surface area contributed by atoms with Gasteiger partial charge in [0.05, 0.1) is 6.54 Å². The average Bonchev–Trinajstić information content (AvgIpc) is 2.60. The van der Waals surface area contributed by atoms with Gasteiger partial charge in [-0.15, -0.1) is 0 Å². The van der Waals surface area contributed by atoms with Gasteiger partial charge in [-0.1, -0.05) is 0 Å². The zero-order chi connectivity index (χ0) is 9.52. The lowest BCUT2D eigenvalue weighted by Gasteiger charge is -2.03. The monoisotopic (exact) mass is 184 g/mol. The number of rotatable bonds is 6. The predicted octanol–water partition coefficient (Wildman–Crippen LogP) is 0.163. The van der Waals surface area contributed by atoms with Crippen molar-refractivity contribution in [2.45, 2.75) is 26.4 Å². The number of aromatic nitrogens is 3. The Hall–Kier alpha value is -0.940. The predicted molar refractivity (Wildman–Crippen MR) is 49.0 cm³/mol. The van der Waals surface area contributed by atoms with Gasteiger partial charge in [0.15, 0.2) is 0 Å². The van der Waals surface area contributed by atoms with Gasteiger partial charge in [0.2, 0.25) is 0 Å². The van der Waals surface area contributed by atoms with Gasteiger partial charge in [-0.05, 0) is 13.3 Å². The molecule has 1 rings (SSSR count). The number of hydrogen-bond donors (Lipinski definition) is 1. The molecule has 0 saturated heterocycles. The van der Waals surface area contributed by atoms with Crippen molar-refractivity contribution in [2.75, 3.05) is 13.2 Å². The van der Waals surface area contributed by atoms with E-state index in [1.807, 2.05) is 11.6 Å². The third kappa shape index (κ3) is 3.12. The van der Waals surface area contributed by atoms with E-state index in [1.165, 1.54) is 6.33 Å². The van der Waals surface area contributed by atoms with Crippen LogP contribution in [0.5, 0.6) is 0 Å². The molecular formula is C8H16N4O. The Morgan fingerprint density at radius 2 is 2.46 bits per heavy atom. The fraction of sp³-hybridized carbons (Fsp3) is 0.750. The lowest BCUT2D eigenvalue weighted by Crippen LogP contribution is -2.11. The van der Waals surface area contributed by atoms with Crippen molar-refractivity contribution < 1.29 is 4.74 Å².